The predicted molar refractivity (Wildman–Crippen MR) is 71.1 cm³/mol. The molecule has 0 radical (unpaired) electrons. The third kappa shape index (κ3) is 1.83. The fourth-order valence-corrected chi connectivity index (χ4v) is 4.02. The van der Waals surface area contributed by atoms with Crippen LogP contribution in [0.3, 0.4) is 0 Å². The Morgan fingerprint density at radius 1 is 1.05 bits per heavy atom. The summed E-state index contributed by atoms with van der Waals surface area (Å²) in [7, 11) is 0. The maximum absolute atomic E-state index is 12.4. The molecule has 4 aliphatic rings. The molecule has 1 amide bonds. The highest BCUT2D eigenvalue weighted by Gasteiger charge is 2.62. The van der Waals surface area contributed by atoms with E-state index < -0.39 is 5.60 Å². The standard InChI is InChI=1S/C15H23NO4/c1-2-16-11-13(20-14(5-6-14)12(16)17)3-7-15(8-4-13)18-9-10-19-15/h2-11H2,1H3. The fraction of sp³-hybridized carbons (Fsp3) is 0.933. The Kier molecular flexibility index (Phi) is 2.73. The summed E-state index contributed by atoms with van der Waals surface area (Å²) in [5.41, 5.74) is -0.642. The molecule has 2 aliphatic heterocycles. The molecule has 0 aromatic heterocycles. The van der Waals surface area contributed by atoms with E-state index in [-0.39, 0.29) is 17.3 Å². The zero-order chi connectivity index (χ0) is 13.8. The summed E-state index contributed by atoms with van der Waals surface area (Å²) in [6.45, 7) is 4.99. The zero-order valence-corrected chi connectivity index (χ0v) is 12.2. The second kappa shape index (κ2) is 4.18. The van der Waals surface area contributed by atoms with E-state index in [4.69, 9.17) is 14.2 Å². The molecule has 0 aromatic carbocycles. The molecule has 0 aromatic rings. The van der Waals surface area contributed by atoms with Crippen LogP contribution in [-0.2, 0) is 19.0 Å². The van der Waals surface area contributed by atoms with Gasteiger partial charge >= 0.3 is 0 Å². The first-order valence-corrected chi connectivity index (χ1v) is 7.89. The van der Waals surface area contributed by atoms with Crippen LogP contribution in [0, 0.1) is 0 Å². The van der Waals surface area contributed by atoms with Gasteiger partial charge in [-0.15, -0.1) is 0 Å². The number of carbonyl (C=O) groups is 1. The highest BCUT2D eigenvalue weighted by atomic mass is 16.7. The van der Waals surface area contributed by atoms with Gasteiger partial charge in [0.25, 0.3) is 5.91 Å². The number of likely N-dealkylation sites (N-methyl/N-ethyl adjacent to an activating group) is 1. The van der Waals surface area contributed by atoms with Crippen LogP contribution in [0.15, 0.2) is 0 Å². The lowest BCUT2D eigenvalue weighted by molar-refractivity contribution is -0.238. The van der Waals surface area contributed by atoms with E-state index in [0.717, 1.165) is 51.6 Å². The number of rotatable bonds is 1. The van der Waals surface area contributed by atoms with Crippen molar-refractivity contribution in [3.05, 3.63) is 0 Å². The van der Waals surface area contributed by atoms with Crippen LogP contribution in [-0.4, -0.2) is 54.1 Å². The third-order valence-corrected chi connectivity index (χ3v) is 5.39. The van der Waals surface area contributed by atoms with Gasteiger partial charge in [-0.3, -0.25) is 4.79 Å². The minimum atomic E-state index is -0.476. The molecule has 20 heavy (non-hydrogen) atoms. The van der Waals surface area contributed by atoms with Gasteiger partial charge in [-0.05, 0) is 32.6 Å². The summed E-state index contributed by atoms with van der Waals surface area (Å²) in [6, 6.07) is 0. The Morgan fingerprint density at radius 2 is 1.70 bits per heavy atom. The SMILES string of the molecule is CCN1CC2(CCC3(CC2)OCCO3)OC2(CC2)C1=O. The van der Waals surface area contributed by atoms with Crippen molar-refractivity contribution in [1.82, 2.24) is 4.90 Å². The first-order valence-electron chi connectivity index (χ1n) is 7.89. The van der Waals surface area contributed by atoms with E-state index in [2.05, 4.69) is 6.92 Å². The van der Waals surface area contributed by atoms with Gasteiger partial charge in [0.1, 0.15) is 5.60 Å². The van der Waals surface area contributed by atoms with Gasteiger partial charge in [0, 0.05) is 25.9 Å². The van der Waals surface area contributed by atoms with Gasteiger partial charge in [-0.1, -0.05) is 0 Å². The molecule has 4 rings (SSSR count). The summed E-state index contributed by atoms with van der Waals surface area (Å²) >= 11 is 0. The fourth-order valence-electron chi connectivity index (χ4n) is 4.02. The number of morpholine rings is 1. The normalized spacial score (nSPS) is 33.2. The largest absolute Gasteiger partial charge is 0.357 e. The lowest BCUT2D eigenvalue weighted by Crippen LogP contribution is -2.62. The van der Waals surface area contributed by atoms with Gasteiger partial charge in [-0.25, -0.2) is 0 Å². The van der Waals surface area contributed by atoms with Crippen LogP contribution < -0.4 is 0 Å². The second-order valence-corrected chi connectivity index (χ2v) is 6.71. The molecule has 0 unspecified atom stereocenters. The summed E-state index contributed by atoms with van der Waals surface area (Å²) in [5, 5.41) is 0. The predicted octanol–water partition coefficient (Wildman–Crippen LogP) is 1.45. The molecule has 0 bridgehead atoms. The molecule has 4 fully saturated rings. The van der Waals surface area contributed by atoms with E-state index in [1.165, 1.54) is 0 Å². The number of nitrogens with zero attached hydrogens (tertiary/aromatic N) is 1. The van der Waals surface area contributed by atoms with Crippen LogP contribution in [0.25, 0.3) is 0 Å². The van der Waals surface area contributed by atoms with Crippen LogP contribution >= 0.6 is 0 Å². The smallest absolute Gasteiger partial charge is 0.254 e. The molecule has 112 valence electrons. The molecule has 5 heteroatoms. The van der Waals surface area contributed by atoms with Crippen molar-refractivity contribution in [1.29, 1.82) is 0 Å². The molecule has 0 atom stereocenters. The molecular weight excluding hydrogens is 258 g/mol. The topological polar surface area (TPSA) is 48.0 Å². The van der Waals surface area contributed by atoms with Crippen LogP contribution in [0.2, 0.25) is 0 Å². The molecular formula is C15H23NO4. The van der Waals surface area contributed by atoms with Crippen molar-refractivity contribution < 1.29 is 19.0 Å². The van der Waals surface area contributed by atoms with Crippen LogP contribution in [0.5, 0.6) is 0 Å². The molecule has 2 saturated carbocycles. The summed E-state index contributed by atoms with van der Waals surface area (Å²) in [4.78, 5) is 14.4. The monoisotopic (exact) mass is 281 g/mol. The molecule has 2 aliphatic carbocycles. The molecule has 3 spiro atoms. The first kappa shape index (κ1) is 13.0. The van der Waals surface area contributed by atoms with Gasteiger partial charge in [0.2, 0.25) is 0 Å². The van der Waals surface area contributed by atoms with Crippen molar-refractivity contribution in [2.45, 2.75) is 62.4 Å². The quantitative estimate of drug-likeness (QED) is 0.730. The Hall–Kier alpha value is -0.650. The van der Waals surface area contributed by atoms with Gasteiger partial charge in [0.15, 0.2) is 5.79 Å². The maximum Gasteiger partial charge on any atom is 0.254 e. The van der Waals surface area contributed by atoms with E-state index in [9.17, 15) is 4.79 Å². The Morgan fingerprint density at radius 3 is 2.25 bits per heavy atom. The lowest BCUT2D eigenvalue weighted by Gasteiger charge is -2.50. The van der Waals surface area contributed by atoms with E-state index in [1.54, 1.807) is 0 Å². The number of amides is 1. The van der Waals surface area contributed by atoms with E-state index >= 15 is 0 Å². The molecule has 5 nitrogen and oxygen atoms in total. The van der Waals surface area contributed by atoms with Crippen molar-refractivity contribution in [3.8, 4) is 0 Å². The van der Waals surface area contributed by atoms with E-state index in [0.29, 0.717) is 13.2 Å². The first-order chi connectivity index (χ1) is 9.61. The Bertz CT molecular complexity index is 416. The van der Waals surface area contributed by atoms with Crippen molar-refractivity contribution >= 4 is 5.91 Å². The second-order valence-electron chi connectivity index (χ2n) is 6.71. The van der Waals surface area contributed by atoms with Crippen LogP contribution in [0.1, 0.15) is 45.4 Å². The number of ether oxygens (including phenoxy) is 3. The lowest BCUT2D eigenvalue weighted by atomic mass is 9.79. The maximum atomic E-state index is 12.4. The van der Waals surface area contributed by atoms with Crippen molar-refractivity contribution in [2.24, 2.45) is 0 Å². The third-order valence-electron chi connectivity index (χ3n) is 5.39. The number of hydrogen-bond acceptors (Lipinski definition) is 4. The number of carbonyl (C=O) groups excluding carboxylic acids is 1. The van der Waals surface area contributed by atoms with Gasteiger partial charge < -0.3 is 19.1 Å². The summed E-state index contributed by atoms with van der Waals surface area (Å²) in [5.74, 6) is -0.150. The minimum Gasteiger partial charge on any atom is -0.357 e. The van der Waals surface area contributed by atoms with Gasteiger partial charge in [0.05, 0.1) is 18.8 Å². The highest BCUT2D eigenvalue weighted by molar-refractivity contribution is 5.89. The summed E-state index contributed by atoms with van der Waals surface area (Å²) in [6.07, 6.45) is 5.41. The minimum absolute atomic E-state index is 0.166. The van der Waals surface area contributed by atoms with Gasteiger partial charge in [-0.2, -0.15) is 0 Å². The average Bonchev–Trinajstić information content (AvgIpc) is 3.08. The summed E-state index contributed by atoms with van der Waals surface area (Å²) < 4.78 is 18.0. The number of hydrogen-bond donors (Lipinski definition) is 0. The molecule has 0 N–H and O–H groups in total. The Balaban J connectivity index is 1.52. The molecule has 2 heterocycles. The van der Waals surface area contributed by atoms with Crippen molar-refractivity contribution in [3.63, 3.8) is 0 Å². The molecule has 2 saturated heterocycles. The zero-order valence-electron chi connectivity index (χ0n) is 12.2. The van der Waals surface area contributed by atoms with E-state index in [1.807, 2.05) is 4.90 Å². The van der Waals surface area contributed by atoms with Crippen LogP contribution in [0.4, 0.5) is 0 Å². The Labute approximate surface area is 119 Å². The average molecular weight is 281 g/mol. The van der Waals surface area contributed by atoms with Crippen molar-refractivity contribution in [2.75, 3.05) is 26.3 Å². The highest BCUT2D eigenvalue weighted by Crippen LogP contribution is 2.52.